The van der Waals surface area contributed by atoms with Crippen LogP contribution >= 0.6 is 23.1 Å². The molecule has 0 atom stereocenters. The van der Waals surface area contributed by atoms with Crippen LogP contribution in [0.2, 0.25) is 0 Å². The maximum atomic E-state index is 12.9. The van der Waals surface area contributed by atoms with Gasteiger partial charge in [0.2, 0.25) is 15.9 Å². The number of thioether (sulfide) groups is 1. The van der Waals surface area contributed by atoms with Crippen LogP contribution in [0.4, 0.5) is 0 Å². The number of sulfonamides is 1. The molecule has 0 radical (unpaired) electrons. The highest BCUT2D eigenvalue weighted by molar-refractivity contribution is 8.01. The molecule has 1 saturated heterocycles. The molecule has 32 heavy (non-hydrogen) atoms. The van der Waals surface area contributed by atoms with Crippen LogP contribution < -0.4 is 0 Å². The Hall–Kier alpha value is -2.46. The normalized spacial score (nSPS) is 14.7. The lowest BCUT2D eigenvalue weighted by Gasteiger charge is -2.34. The quantitative estimate of drug-likeness (QED) is 0.402. The van der Waals surface area contributed by atoms with E-state index < -0.39 is 10.0 Å². The minimum atomic E-state index is -3.80. The van der Waals surface area contributed by atoms with Gasteiger partial charge in [0.25, 0.3) is 0 Å². The van der Waals surface area contributed by atoms with E-state index in [-0.39, 0.29) is 60.7 Å². The molecule has 2 heterocycles. The zero-order valence-electron chi connectivity index (χ0n) is 17.4. The molecule has 3 rings (SSSR count). The fourth-order valence-electron chi connectivity index (χ4n) is 3.11. The molecule has 9 nitrogen and oxygen atoms in total. The lowest BCUT2D eigenvalue weighted by Crippen LogP contribution is -2.51. The number of carbonyl (C=O) groups is 2. The molecular weight excluding hydrogens is 472 g/mol. The Morgan fingerprint density at radius 1 is 1.25 bits per heavy atom. The summed E-state index contributed by atoms with van der Waals surface area (Å²) in [5.41, 5.74) is 0.716. The summed E-state index contributed by atoms with van der Waals surface area (Å²) in [5.74, 6) is -0.265. The zero-order chi connectivity index (χ0) is 23.1. The van der Waals surface area contributed by atoms with Crippen LogP contribution in [0, 0.1) is 11.3 Å². The SMILES string of the molecule is CCOC(=O)Cc1csc(SCC(=O)N2CCN(S(=O)(=O)c3ccccc3C#N)CC2)n1. The molecular formula is C20H22N4O5S3. The van der Waals surface area contributed by atoms with Gasteiger partial charge < -0.3 is 9.64 Å². The molecule has 0 aliphatic carbocycles. The number of esters is 1. The first-order valence-electron chi connectivity index (χ1n) is 9.85. The molecule has 0 N–H and O–H groups in total. The minimum Gasteiger partial charge on any atom is -0.466 e. The molecule has 0 bridgehead atoms. The summed E-state index contributed by atoms with van der Waals surface area (Å²) in [5, 5.41) is 11.0. The summed E-state index contributed by atoms with van der Waals surface area (Å²) in [6, 6.07) is 8.01. The molecule has 170 valence electrons. The second-order valence-electron chi connectivity index (χ2n) is 6.77. The number of aromatic nitrogens is 1. The van der Waals surface area contributed by atoms with Crippen molar-refractivity contribution in [2.45, 2.75) is 22.6 Å². The van der Waals surface area contributed by atoms with Gasteiger partial charge in [0.1, 0.15) is 6.07 Å². The van der Waals surface area contributed by atoms with Crippen LogP contribution in [0.25, 0.3) is 0 Å². The van der Waals surface area contributed by atoms with Gasteiger partial charge in [-0.05, 0) is 19.1 Å². The summed E-state index contributed by atoms with van der Waals surface area (Å²) in [6.45, 7) is 2.95. The number of hydrogen-bond acceptors (Lipinski definition) is 9. The number of piperazine rings is 1. The predicted octanol–water partition coefficient (Wildman–Crippen LogP) is 1.75. The number of nitrogens with zero attached hydrogens (tertiary/aromatic N) is 4. The Kier molecular flexibility index (Phi) is 8.25. The largest absolute Gasteiger partial charge is 0.466 e. The molecule has 1 fully saturated rings. The van der Waals surface area contributed by atoms with Crippen LogP contribution in [0.3, 0.4) is 0 Å². The van der Waals surface area contributed by atoms with Gasteiger partial charge in [0.05, 0.1) is 34.9 Å². The van der Waals surface area contributed by atoms with E-state index in [1.807, 2.05) is 6.07 Å². The highest BCUT2D eigenvalue weighted by Crippen LogP contribution is 2.24. The molecule has 1 amide bonds. The van der Waals surface area contributed by atoms with Gasteiger partial charge >= 0.3 is 5.97 Å². The van der Waals surface area contributed by atoms with E-state index in [0.717, 1.165) is 0 Å². The summed E-state index contributed by atoms with van der Waals surface area (Å²) in [6.07, 6.45) is 0.101. The average Bonchev–Trinajstić information content (AvgIpc) is 3.24. The summed E-state index contributed by atoms with van der Waals surface area (Å²) in [4.78, 5) is 30.0. The van der Waals surface area contributed by atoms with Crippen molar-refractivity contribution >= 4 is 45.0 Å². The van der Waals surface area contributed by atoms with Crippen molar-refractivity contribution in [3.05, 3.63) is 40.9 Å². The van der Waals surface area contributed by atoms with Gasteiger partial charge in [-0.1, -0.05) is 23.9 Å². The van der Waals surface area contributed by atoms with Crippen LogP contribution in [-0.4, -0.2) is 73.0 Å². The van der Waals surface area contributed by atoms with Gasteiger partial charge in [0, 0.05) is 31.6 Å². The van der Waals surface area contributed by atoms with Crippen molar-refractivity contribution in [3.8, 4) is 6.07 Å². The molecule has 0 saturated carbocycles. The fraction of sp³-hybridized carbons (Fsp3) is 0.400. The maximum Gasteiger partial charge on any atom is 0.311 e. The third-order valence-corrected chi connectivity index (χ3v) is 8.71. The standard InChI is InChI=1S/C20H22N4O5S3/c1-2-29-19(26)11-16-13-30-20(22-16)31-14-18(25)23-7-9-24(10-8-23)32(27,28)17-6-4-3-5-15(17)12-21/h3-6,13H,2,7-11,14H2,1H3. The number of thiazole rings is 1. The van der Waals surface area contributed by atoms with Gasteiger partial charge in [-0.25, -0.2) is 13.4 Å². The molecule has 2 aromatic rings. The first kappa shape index (κ1) is 24.2. The Balaban J connectivity index is 1.51. The van der Waals surface area contributed by atoms with E-state index >= 15 is 0 Å². The van der Waals surface area contributed by atoms with Crippen LogP contribution in [0.15, 0.2) is 38.9 Å². The molecule has 0 unspecified atom stereocenters. The number of hydrogen-bond donors (Lipinski definition) is 0. The molecule has 12 heteroatoms. The second-order valence-corrected chi connectivity index (χ2v) is 10.8. The number of benzene rings is 1. The second kappa shape index (κ2) is 10.9. The maximum absolute atomic E-state index is 12.9. The van der Waals surface area contributed by atoms with Crippen molar-refractivity contribution < 1.29 is 22.7 Å². The van der Waals surface area contributed by atoms with E-state index in [0.29, 0.717) is 16.6 Å². The van der Waals surface area contributed by atoms with Crippen LogP contribution in [0.5, 0.6) is 0 Å². The highest BCUT2D eigenvalue weighted by atomic mass is 32.2. The highest BCUT2D eigenvalue weighted by Gasteiger charge is 2.31. The Labute approximate surface area is 195 Å². The van der Waals surface area contributed by atoms with E-state index in [4.69, 9.17) is 4.74 Å². The Bertz CT molecular complexity index is 1120. The first-order chi connectivity index (χ1) is 15.3. The first-order valence-corrected chi connectivity index (χ1v) is 13.2. The van der Waals surface area contributed by atoms with Crippen LogP contribution in [-0.2, 0) is 30.8 Å². The van der Waals surface area contributed by atoms with Crippen molar-refractivity contribution in [2.75, 3.05) is 38.5 Å². The number of rotatable bonds is 8. The number of ether oxygens (including phenoxy) is 1. The van der Waals surface area contributed by atoms with Gasteiger partial charge in [-0.2, -0.15) is 9.57 Å². The molecule has 1 aromatic carbocycles. The number of carbonyl (C=O) groups excluding carboxylic acids is 2. The fourth-order valence-corrected chi connectivity index (χ4v) is 6.42. The molecule has 0 spiro atoms. The minimum absolute atomic E-state index is 0.0137. The zero-order valence-corrected chi connectivity index (χ0v) is 19.8. The lowest BCUT2D eigenvalue weighted by molar-refractivity contribution is -0.142. The predicted molar refractivity (Wildman–Crippen MR) is 120 cm³/mol. The number of nitriles is 1. The lowest BCUT2D eigenvalue weighted by atomic mass is 10.2. The van der Waals surface area contributed by atoms with Gasteiger partial charge in [-0.15, -0.1) is 11.3 Å². The number of amides is 1. The van der Waals surface area contributed by atoms with Crippen molar-refractivity contribution in [1.82, 2.24) is 14.2 Å². The summed E-state index contributed by atoms with van der Waals surface area (Å²) in [7, 11) is -3.80. The van der Waals surface area contributed by atoms with Crippen LogP contribution in [0.1, 0.15) is 18.2 Å². The topological polar surface area (TPSA) is 121 Å². The van der Waals surface area contributed by atoms with E-state index in [1.54, 1.807) is 29.3 Å². The van der Waals surface area contributed by atoms with Crippen molar-refractivity contribution in [3.63, 3.8) is 0 Å². The van der Waals surface area contributed by atoms with Crippen molar-refractivity contribution in [1.29, 1.82) is 5.26 Å². The van der Waals surface area contributed by atoms with E-state index in [2.05, 4.69) is 4.98 Å². The summed E-state index contributed by atoms with van der Waals surface area (Å²) >= 11 is 2.65. The van der Waals surface area contributed by atoms with Gasteiger partial charge in [-0.3, -0.25) is 9.59 Å². The van der Waals surface area contributed by atoms with Crippen molar-refractivity contribution in [2.24, 2.45) is 0 Å². The smallest absolute Gasteiger partial charge is 0.311 e. The van der Waals surface area contributed by atoms with E-state index in [9.17, 15) is 23.3 Å². The van der Waals surface area contributed by atoms with E-state index in [1.165, 1.54) is 39.5 Å². The van der Waals surface area contributed by atoms with Gasteiger partial charge in [0.15, 0.2) is 4.34 Å². The third kappa shape index (κ3) is 5.86. The molecule has 1 aliphatic rings. The third-order valence-electron chi connectivity index (χ3n) is 4.70. The molecule has 1 aliphatic heterocycles. The molecule has 1 aromatic heterocycles. The monoisotopic (exact) mass is 494 g/mol. The average molecular weight is 495 g/mol. The Morgan fingerprint density at radius 2 is 1.97 bits per heavy atom. The Morgan fingerprint density at radius 3 is 2.66 bits per heavy atom. The summed E-state index contributed by atoms with van der Waals surface area (Å²) < 4.78 is 32.7.